The number of fused-ring (bicyclic) bond motifs is 1. The third-order valence-electron chi connectivity index (χ3n) is 2.23. The number of nitrogens with zero attached hydrogens (tertiary/aromatic N) is 2. The maximum absolute atomic E-state index is 9.41. The molecule has 60 valence electrons. The van der Waals surface area contributed by atoms with Crippen molar-refractivity contribution in [1.29, 1.82) is 5.26 Å². The van der Waals surface area contributed by atoms with Crippen molar-refractivity contribution >= 4 is 0 Å². The molecule has 1 aliphatic carbocycles. The number of nitriles is 1. The molecular weight excluding hydrogens is 152 g/mol. The minimum Gasteiger partial charge on any atom is -0.285 e. The Morgan fingerprint density at radius 3 is 3.08 bits per heavy atom. The molecule has 1 aromatic heterocycles. The van der Waals surface area contributed by atoms with Crippen molar-refractivity contribution in [2.24, 2.45) is 0 Å². The number of aryl methyl sites for hydroxylation is 1. The topological polar surface area (TPSA) is 47.9 Å². The van der Waals surface area contributed by atoms with E-state index in [2.05, 4.69) is 0 Å². The smallest absolute Gasteiger partial charge is 0.240 e. The van der Waals surface area contributed by atoms with E-state index in [1.807, 2.05) is 12.1 Å². The molecule has 1 N–H and O–H groups in total. The first-order chi connectivity index (χ1) is 5.81. The summed E-state index contributed by atoms with van der Waals surface area (Å²) in [6, 6.07) is 3.87. The first kappa shape index (κ1) is 7.11. The number of aromatic nitrogens is 1. The van der Waals surface area contributed by atoms with Gasteiger partial charge in [0.1, 0.15) is 11.6 Å². The van der Waals surface area contributed by atoms with Gasteiger partial charge in [-0.1, -0.05) is 0 Å². The highest BCUT2D eigenvalue weighted by atomic mass is 16.5. The van der Waals surface area contributed by atoms with Crippen LogP contribution >= 0.6 is 0 Å². The lowest BCUT2D eigenvalue weighted by Crippen LogP contribution is -2.35. The van der Waals surface area contributed by atoms with E-state index < -0.39 is 0 Å². The van der Waals surface area contributed by atoms with Crippen LogP contribution < -0.4 is 4.73 Å². The third-order valence-corrected chi connectivity index (χ3v) is 2.23. The lowest BCUT2D eigenvalue weighted by atomic mass is 10.2. The second-order valence-electron chi connectivity index (χ2n) is 3.01. The Bertz CT molecular complexity index is 366. The highest BCUT2D eigenvalue weighted by Crippen LogP contribution is 2.18. The van der Waals surface area contributed by atoms with Gasteiger partial charge in [0.05, 0.1) is 0 Å². The summed E-state index contributed by atoms with van der Waals surface area (Å²) in [5.41, 5.74) is 2.59. The zero-order valence-corrected chi connectivity index (χ0v) is 6.62. The van der Waals surface area contributed by atoms with Gasteiger partial charge in [0.2, 0.25) is 11.9 Å². The van der Waals surface area contributed by atoms with Gasteiger partial charge in [-0.2, -0.15) is 5.26 Å². The Morgan fingerprint density at radius 1 is 1.50 bits per heavy atom. The van der Waals surface area contributed by atoms with Crippen LogP contribution in [0.4, 0.5) is 0 Å². The minimum absolute atomic E-state index is 0.526. The van der Waals surface area contributed by atoms with E-state index in [0.717, 1.165) is 35.3 Å². The van der Waals surface area contributed by atoms with Crippen molar-refractivity contribution in [2.75, 3.05) is 0 Å². The highest BCUT2D eigenvalue weighted by molar-refractivity contribution is 5.31. The third kappa shape index (κ3) is 0.928. The van der Waals surface area contributed by atoms with Crippen LogP contribution in [0.5, 0.6) is 0 Å². The van der Waals surface area contributed by atoms with Crippen LogP contribution in [0.3, 0.4) is 0 Å². The quantitative estimate of drug-likeness (QED) is 0.446. The molecule has 3 nitrogen and oxygen atoms in total. The Morgan fingerprint density at radius 2 is 2.33 bits per heavy atom. The fraction of sp³-hybridized carbons (Fsp3) is 0.333. The molecule has 0 atom stereocenters. The van der Waals surface area contributed by atoms with Gasteiger partial charge in [0, 0.05) is 16.7 Å². The van der Waals surface area contributed by atoms with Gasteiger partial charge in [0.25, 0.3) is 0 Å². The molecule has 2 rings (SSSR count). The van der Waals surface area contributed by atoms with Crippen LogP contribution in [0.1, 0.15) is 23.2 Å². The largest absolute Gasteiger partial charge is 0.285 e. The summed E-state index contributed by atoms with van der Waals surface area (Å²) in [6.07, 6.45) is 4.43. The molecule has 0 saturated carbocycles. The lowest BCUT2D eigenvalue weighted by Gasteiger charge is -1.93. The predicted molar refractivity (Wildman–Crippen MR) is 40.6 cm³/mol. The van der Waals surface area contributed by atoms with Gasteiger partial charge in [-0.15, -0.1) is 0 Å². The summed E-state index contributed by atoms with van der Waals surface area (Å²) in [5.74, 6) is 0. The van der Waals surface area contributed by atoms with E-state index in [-0.39, 0.29) is 0 Å². The molecule has 1 heterocycles. The second kappa shape index (κ2) is 2.49. The first-order valence-electron chi connectivity index (χ1n) is 3.98. The molecule has 1 aromatic rings. The average molecular weight is 161 g/mol. The van der Waals surface area contributed by atoms with Crippen LogP contribution in [0, 0.1) is 11.3 Å². The van der Waals surface area contributed by atoms with E-state index in [0.29, 0.717) is 5.56 Å². The molecular formula is C9H9N2O+. The van der Waals surface area contributed by atoms with Gasteiger partial charge < -0.3 is 0 Å². The number of hydrogen-bond acceptors (Lipinski definition) is 2. The van der Waals surface area contributed by atoms with Gasteiger partial charge in [0.15, 0.2) is 0 Å². The molecule has 0 aliphatic heterocycles. The monoisotopic (exact) mass is 161 g/mol. The maximum atomic E-state index is 9.41. The zero-order chi connectivity index (χ0) is 8.55. The first-order valence-corrected chi connectivity index (χ1v) is 3.98. The van der Waals surface area contributed by atoms with Crippen LogP contribution in [0.2, 0.25) is 0 Å². The van der Waals surface area contributed by atoms with E-state index in [9.17, 15) is 5.21 Å². The molecule has 0 aromatic carbocycles. The van der Waals surface area contributed by atoms with Gasteiger partial charge in [-0.05, 0) is 18.9 Å². The van der Waals surface area contributed by atoms with Crippen LogP contribution in [0.25, 0.3) is 0 Å². The van der Waals surface area contributed by atoms with Crippen molar-refractivity contribution in [3.63, 3.8) is 0 Å². The van der Waals surface area contributed by atoms with Crippen molar-refractivity contribution in [3.05, 3.63) is 29.1 Å². The van der Waals surface area contributed by atoms with E-state index in [1.165, 1.54) is 6.20 Å². The summed E-state index contributed by atoms with van der Waals surface area (Å²) in [5, 5.41) is 18.0. The molecule has 0 saturated heterocycles. The number of pyridine rings is 1. The standard InChI is InChI=1S/C9H9N2O/c10-5-7-4-8-2-1-3-9(8)11(12)6-7/h4,6,12H,1-3H2/q+1. The van der Waals surface area contributed by atoms with Gasteiger partial charge in [-0.25, -0.2) is 0 Å². The Labute approximate surface area is 70.5 Å². The van der Waals surface area contributed by atoms with E-state index in [4.69, 9.17) is 5.26 Å². The van der Waals surface area contributed by atoms with Gasteiger partial charge in [-0.3, -0.25) is 5.21 Å². The van der Waals surface area contributed by atoms with Crippen molar-refractivity contribution in [2.45, 2.75) is 19.3 Å². The number of rotatable bonds is 0. The average Bonchev–Trinajstić information content (AvgIpc) is 2.52. The molecule has 12 heavy (non-hydrogen) atoms. The second-order valence-corrected chi connectivity index (χ2v) is 3.01. The summed E-state index contributed by atoms with van der Waals surface area (Å²) in [6.45, 7) is 0. The molecule has 3 heteroatoms. The Kier molecular flexibility index (Phi) is 1.47. The van der Waals surface area contributed by atoms with Crippen molar-refractivity contribution in [1.82, 2.24) is 0 Å². The molecule has 0 spiro atoms. The Hall–Kier alpha value is -1.56. The van der Waals surface area contributed by atoms with E-state index in [1.54, 1.807) is 0 Å². The van der Waals surface area contributed by atoms with Crippen LogP contribution in [0.15, 0.2) is 12.3 Å². The lowest BCUT2D eigenvalue weighted by molar-refractivity contribution is -0.909. The normalized spacial score (nSPS) is 13.9. The van der Waals surface area contributed by atoms with Crippen LogP contribution in [-0.4, -0.2) is 5.21 Å². The summed E-state index contributed by atoms with van der Waals surface area (Å²) >= 11 is 0. The molecule has 0 bridgehead atoms. The molecule has 0 amide bonds. The van der Waals surface area contributed by atoms with Crippen LogP contribution in [-0.2, 0) is 12.8 Å². The minimum atomic E-state index is 0.526. The zero-order valence-electron chi connectivity index (χ0n) is 6.62. The maximum Gasteiger partial charge on any atom is 0.240 e. The molecule has 0 fully saturated rings. The van der Waals surface area contributed by atoms with Crippen molar-refractivity contribution < 1.29 is 9.94 Å². The SMILES string of the molecule is N#Cc1cc2c([n+](O)c1)CCC2. The van der Waals surface area contributed by atoms with Crippen molar-refractivity contribution in [3.8, 4) is 6.07 Å². The highest BCUT2D eigenvalue weighted by Gasteiger charge is 2.23. The predicted octanol–water partition coefficient (Wildman–Crippen LogP) is 0.572. The van der Waals surface area contributed by atoms with Gasteiger partial charge >= 0.3 is 0 Å². The summed E-state index contributed by atoms with van der Waals surface area (Å²) in [4.78, 5) is 0. The summed E-state index contributed by atoms with van der Waals surface area (Å²) < 4.78 is 1.08. The fourth-order valence-electron chi connectivity index (χ4n) is 1.66. The molecule has 0 radical (unpaired) electrons. The Balaban J connectivity index is 2.60. The molecule has 1 aliphatic rings. The number of hydrogen-bond donors (Lipinski definition) is 1. The fourth-order valence-corrected chi connectivity index (χ4v) is 1.66. The summed E-state index contributed by atoms with van der Waals surface area (Å²) in [7, 11) is 0. The molecule has 0 unspecified atom stereocenters. The van der Waals surface area contributed by atoms with E-state index >= 15 is 0 Å².